The Morgan fingerprint density at radius 1 is 1.56 bits per heavy atom. The van der Waals surface area contributed by atoms with Crippen molar-refractivity contribution in [1.29, 1.82) is 0 Å². The summed E-state index contributed by atoms with van der Waals surface area (Å²) in [7, 11) is 0. The highest BCUT2D eigenvalue weighted by molar-refractivity contribution is 7.80. The van der Waals surface area contributed by atoms with Crippen molar-refractivity contribution in [2.24, 2.45) is 5.73 Å². The van der Waals surface area contributed by atoms with Gasteiger partial charge in [-0.2, -0.15) is 0 Å². The summed E-state index contributed by atoms with van der Waals surface area (Å²) in [5, 5.41) is 3.00. The average Bonchev–Trinajstić information content (AvgIpc) is 2.78. The molecule has 1 aliphatic heterocycles. The van der Waals surface area contributed by atoms with E-state index in [0.717, 1.165) is 12.8 Å². The Morgan fingerprint density at radius 2 is 2.28 bits per heavy atom. The summed E-state index contributed by atoms with van der Waals surface area (Å²) in [6.07, 6.45) is 3.55. The maximum absolute atomic E-state index is 11.9. The van der Waals surface area contributed by atoms with E-state index in [1.807, 2.05) is 12.1 Å². The topological polar surface area (TPSA) is 69.3 Å². The van der Waals surface area contributed by atoms with Crippen molar-refractivity contribution in [3.05, 3.63) is 24.0 Å². The fourth-order valence-corrected chi connectivity index (χ4v) is 2.23. The van der Waals surface area contributed by atoms with Crippen molar-refractivity contribution < 1.29 is 9.53 Å². The fraction of sp³-hybridized carbons (Fsp3) is 0.500. The van der Waals surface area contributed by atoms with E-state index in [0.29, 0.717) is 23.9 Å². The number of aromatic nitrogens is 1. The molecule has 1 amide bonds. The van der Waals surface area contributed by atoms with Gasteiger partial charge in [-0.05, 0) is 25.0 Å². The van der Waals surface area contributed by atoms with Gasteiger partial charge in [-0.15, -0.1) is 0 Å². The molecule has 5 nitrogen and oxygen atoms in total. The third kappa shape index (κ3) is 3.30. The SMILES string of the molecule is NC(=S)c1cccn1CC(=O)NC1CCOCC1. The standard InChI is InChI=1S/C12H17N3O2S/c13-12(18)10-2-1-5-15(10)8-11(16)14-9-3-6-17-7-4-9/h1-2,5,9H,3-4,6-8H2,(H2,13,18)(H,14,16). The first-order chi connectivity index (χ1) is 8.66. The van der Waals surface area contributed by atoms with Gasteiger partial charge >= 0.3 is 0 Å². The molecular formula is C12H17N3O2S. The zero-order valence-electron chi connectivity index (χ0n) is 10.1. The van der Waals surface area contributed by atoms with Gasteiger partial charge in [0.2, 0.25) is 5.91 Å². The quantitative estimate of drug-likeness (QED) is 0.776. The van der Waals surface area contributed by atoms with E-state index in [1.165, 1.54) is 0 Å². The average molecular weight is 267 g/mol. The third-order valence-electron chi connectivity index (χ3n) is 2.98. The van der Waals surface area contributed by atoms with Crippen LogP contribution in [0.3, 0.4) is 0 Å². The Hall–Kier alpha value is -1.40. The maximum atomic E-state index is 11.9. The molecule has 0 bridgehead atoms. The lowest BCUT2D eigenvalue weighted by atomic mass is 10.1. The van der Waals surface area contributed by atoms with Crippen molar-refractivity contribution in [2.75, 3.05) is 13.2 Å². The molecular weight excluding hydrogens is 250 g/mol. The molecule has 0 saturated carbocycles. The van der Waals surface area contributed by atoms with Gasteiger partial charge in [-0.3, -0.25) is 4.79 Å². The highest BCUT2D eigenvalue weighted by atomic mass is 32.1. The predicted molar refractivity (Wildman–Crippen MR) is 72.3 cm³/mol. The first-order valence-corrected chi connectivity index (χ1v) is 6.39. The highest BCUT2D eigenvalue weighted by Gasteiger charge is 2.16. The summed E-state index contributed by atoms with van der Waals surface area (Å²) in [6, 6.07) is 3.86. The monoisotopic (exact) mass is 267 g/mol. The van der Waals surface area contributed by atoms with Crippen LogP contribution in [0.5, 0.6) is 0 Å². The van der Waals surface area contributed by atoms with Crippen molar-refractivity contribution in [2.45, 2.75) is 25.4 Å². The number of carbonyl (C=O) groups is 1. The summed E-state index contributed by atoms with van der Waals surface area (Å²) < 4.78 is 7.01. The number of nitrogens with two attached hydrogens (primary N) is 1. The van der Waals surface area contributed by atoms with Crippen LogP contribution in [-0.2, 0) is 16.1 Å². The summed E-state index contributed by atoms with van der Waals surface area (Å²) in [5.41, 5.74) is 6.30. The number of nitrogens with zero attached hydrogens (tertiary/aromatic N) is 1. The predicted octanol–water partition coefficient (Wildman–Crippen LogP) is 0.417. The summed E-state index contributed by atoms with van der Waals surface area (Å²) in [4.78, 5) is 12.2. The van der Waals surface area contributed by atoms with Crippen LogP contribution < -0.4 is 11.1 Å². The smallest absolute Gasteiger partial charge is 0.240 e. The largest absolute Gasteiger partial charge is 0.388 e. The van der Waals surface area contributed by atoms with E-state index in [9.17, 15) is 4.79 Å². The first kappa shape index (κ1) is 13.0. The van der Waals surface area contributed by atoms with Crippen LogP contribution in [0.1, 0.15) is 18.5 Å². The normalized spacial score (nSPS) is 16.4. The number of carbonyl (C=O) groups excluding carboxylic acids is 1. The van der Waals surface area contributed by atoms with Gasteiger partial charge in [-0.25, -0.2) is 0 Å². The van der Waals surface area contributed by atoms with Crippen LogP contribution in [0.25, 0.3) is 0 Å². The lowest BCUT2D eigenvalue weighted by molar-refractivity contribution is -0.122. The van der Waals surface area contributed by atoms with Crippen LogP contribution >= 0.6 is 12.2 Å². The van der Waals surface area contributed by atoms with Crippen molar-refractivity contribution >= 4 is 23.1 Å². The molecule has 3 N–H and O–H groups in total. The number of hydrogen-bond donors (Lipinski definition) is 2. The van der Waals surface area contributed by atoms with Gasteiger partial charge in [0, 0.05) is 25.5 Å². The Balaban J connectivity index is 1.90. The Morgan fingerprint density at radius 3 is 2.94 bits per heavy atom. The number of hydrogen-bond acceptors (Lipinski definition) is 3. The molecule has 98 valence electrons. The highest BCUT2D eigenvalue weighted by Crippen LogP contribution is 2.07. The van der Waals surface area contributed by atoms with E-state index in [-0.39, 0.29) is 18.5 Å². The van der Waals surface area contributed by atoms with Gasteiger partial charge in [-0.1, -0.05) is 12.2 Å². The van der Waals surface area contributed by atoms with Crippen molar-refractivity contribution in [3.63, 3.8) is 0 Å². The van der Waals surface area contributed by atoms with E-state index in [2.05, 4.69) is 5.32 Å². The second-order valence-electron chi connectivity index (χ2n) is 4.34. The van der Waals surface area contributed by atoms with Crippen LogP contribution in [0.2, 0.25) is 0 Å². The Bertz CT molecular complexity index is 438. The zero-order valence-corrected chi connectivity index (χ0v) is 10.9. The fourth-order valence-electron chi connectivity index (χ4n) is 2.05. The minimum atomic E-state index is -0.0180. The van der Waals surface area contributed by atoms with E-state index in [1.54, 1.807) is 10.8 Å². The molecule has 1 aromatic heterocycles. The van der Waals surface area contributed by atoms with Gasteiger partial charge in [0.15, 0.2) is 0 Å². The van der Waals surface area contributed by atoms with Crippen LogP contribution in [0.4, 0.5) is 0 Å². The summed E-state index contributed by atoms with van der Waals surface area (Å²) in [5.74, 6) is -0.0180. The molecule has 0 atom stereocenters. The molecule has 0 radical (unpaired) electrons. The van der Waals surface area contributed by atoms with E-state index < -0.39 is 0 Å². The molecule has 1 fully saturated rings. The van der Waals surface area contributed by atoms with Gasteiger partial charge in [0.1, 0.15) is 11.5 Å². The first-order valence-electron chi connectivity index (χ1n) is 5.99. The van der Waals surface area contributed by atoms with Gasteiger partial charge in [0.25, 0.3) is 0 Å². The van der Waals surface area contributed by atoms with E-state index >= 15 is 0 Å². The summed E-state index contributed by atoms with van der Waals surface area (Å²) >= 11 is 4.93. The molecule has 2 rings (SSSR count). The van der Waals surface area contributed by atoms with Crippen molar-refractivity contribution in [3.8, 4) is 0 Å². The molecule has 2 heterocycles. The van der Waals surface area contributed by atoms with E-state index in [4.69, 9.17) is 22.7 Å². The number of ether oxygens (including phenoxy) is 1. The number of thiocarbonyl (C=S) groups is 1. The lowest BCUT2D eigenvalue weighted by Crippen LogP contribution is -2.40. The Labute approximate surface area is 111 Å². The van der Waals surface area contributed by atoms with Gasteiger partial charge < -0.3 is 20.4 Å². The Kier molecular flexibility index (Phi) is 4.33. The minimum absolute atomic E-state index is 0.0180. The minimum Gasteiger partial charge on any atom is -0.388 e. The van der Waals surface area contributed by atoms with Crippen LogP contribution in [0.15, 0.2) is 18.3 Å². The zero-order chi connectivity index (χ0) is 13.0. The van der Waals surface area contributed by atoms with Crippen LogP contribution in [0, 0.1) is 0 Å². The molecule has 0 unspecified atom stereocenters. The van der Waals surface area contributed by atoms with Crippen molar-refractivity contribution in [1.82, 2.24) is 9.88 Å². The molecule has 1 aliphatic rings. The maximum Gasteiger partial charge on any atom is 0.240 e. The number of rotatable bonds is 4. The van der Waals surface area contributed by atoms with Gasteiger partial charge in [0.05, 0.1) is 5.69 Å². The second-order valence-corrected chi connectivity index (χ2v) is 4.78. The summed E-state index contributed by atoms with van der Waals surface area (Å²) in [6.45, 7) is 1.68. The molecule has 6 heteroatoms. The molecule has 1 saturated heterocycles. The third-order valence-corrected chi connectivity index (χ3v) is 3.19. The van der Waals surface area contributed by atoms with Crippen LogP contribution in [-0.4, -0.2) is 34.7 Å². The molecule has 0 aliphatic carbocycles. The second kappa shape index (κ2) is 5.97. The lowest BCUT2D eigenvalue weighted by Gasteiger charge is -2.23. The molecule has 1 aromatic rings. The number of amides is 1. The molecule has 0 spiro atoms. The number of nitrogens with one attached hydrogen (secondary N) is 1. The molecule has 0 aromatic carbocycles. The molecule has 18 heavy (non-hydrogen) atoms.